The average Bonchev–Trinajstić information content (AvgIpc) is 2.27. The van der Waals surface area contributed by atoms with Gasteiger partial charge >= 0.3 is 0 Å². The summed E-state index contributed by atoms with van der Waals surface area (Å²) in [5.74, 6) is 0. The summed E-state index contributed by atoms with van der Waals surface area (Å²) in [5.41, 5.74) is 0.733. The van der Waals surface area contributed by atoms with Crippen molar-refractivity contribution < 1.29 is 0 Å². The summed E-state index contributed by atoms with van der Waals surface area (Å²) in [6, 6.07) is 0. The number of rotatable bonds is 2. The Kier molecular flexibility index (Phi) is 3.68. The number of likely N-dealkylation sites (tertiary alicyclic amines) is 2. The molecule has 0 aliphatic carbocycles. The topological polar surface area (TPSA) is 6.48 Å². The van der Waals surface area contributed by atoms with E-state index in [1.807, 2.05) is 0 Å². The number of hydrogen-bond donors (Lipinski definition) is 0. The van der Waals surface area contributed by atoms with Crippen LogP contribution < -0.4 is 0 Å². The van der Waals surface area contributed by atoms with Gasteiger partial charge in [-0.05, 0) is 77.3 Å². The van der Waals surface area contributed by atoms with Crippen LogP contribution in [-0.4, -0.2) is 49.6 Å². The Morgan fingerprint density at radius 1 is 0.933 bits per heavy atom. The second-order valence-corrected chi connectivity index (χ2v) is 5.64. The fourth-order valence-corrected chi connectivity index (χ4v) is 3.16. The average molecular weight is 210 g/mol. The maximum Gasteiger partial charge on any atom is -0.00134 e. The van der Waals surface area contributed by atoms with Gasteiger partial charge in [0.25, 0.3) is 0 Å². The lowest BCUT2D eigenvalue weighted by atomic mass is 9.71. The van der Waals surface area contributed by atoms with E-state index in [9.17, 15) is 0 Å². The molecule has 0 aromatic heterocycles. The minimum atomic E-state index is 0.733. The highest BCUT2D eigenvalue weighted by molar-refractivity contribution is 4.89. The SMILES string of the molecule is CCCN1CCC2(CCN(C)CC2)CC1. The predicted molar refractivity (Wildman–Crippen MR) is 65.1 cm³/mol. The van der Waals surface area contributed by atoms with Gasteiger partial charge in [0, 0.05) is 0 Å². The van der Waals surface area contributed by atoms with Gasteiger partial charge in [0.05, 0.1) is 0 Å². The molecule has 2 heterocycles. The fourth-order valence-electron chi connectivity index (χ4n) is 3.16. The summed E-state index contributed by atoms with van der Waals surface area (Å²) in [6.45, 7) is 8.98. The maximum atomic E-state index is 2.66. The van der Waals surface area contributed by atoms with E-state index in [1.165, 1.54) is 64.8 Å². The van der Waals surface area contributed by atoms with Crippen molar-refractivity contribution in [1.82, 2.24) is 9.80 Å². The van der Waals surface area contributed by atoms with Crippen LogP contribution in [0.25, 0.3) is 0 Å². The van der Waals surface area contributed by atoms with Crippen molar-refractivity contribution in [3.8, 4) is 0 Å². The van der Waals surface area contributed by atoms with Crippen LogP contribution in [0.2, 0.25) is 0 Å². The van der Waals surface area contributed by atoms with Gasteiger partial charge < -0.3 is 9.80 Å². The normalized spacial score (nSPS) is 28.4. The lowest BCUT2D eigenvalue weighted by Gasteiger charge is -2.46. The Labute approximate surface area is 94.6 Å². The quantitative estimate of drug-likeness (QED) is 0.689. The first kappa shape index (κ1) is 11.4. The molecule has 15 heavy (non-hydrogen) atoms. The van der Waals surface area contributed by atoms with Gasteiger partial charge in [0.2, 0.25) is 0 Å². The predicted octanol–water partition coefficient (Wildman–Crippen LogP) is 2.20. The standard InChI is InChI=1S/C13H26N2/c1-3-8-15-11-6-13(7-12-15)4-9-14(2)10-5-13/h3-12H2,1-2H3. The molecule has 2 rings (SSSR count). The van der Waals surface area contributed by atoms with Crippen molar-refractivity contribution in [2.45, 2.75) is 39.0 Å². The van der Waals surface area contributed by atoms with Crippen molar-refractivity contribution in [2.24, 2.45) is 5.41 Å². The molecule has 88 valence electrons. The van der Waals surface area contributed by atoms with Gasteiger partial charge in [-0.3, -0.25) is 0 Å². The van der Waals surface area contributed by atoms with Gasteiger partial charge in [0.15, 0.2) is 0 Å². The molecule has 0 radical (unpaired) electrons. The minimum absolute atomic E-state index is 0.733. The van der Waals surface area contributed by atoms with Gasteiger partial charge in [-0.15, -0.1) is 0 Å². The molecular formula is C13H26N2. The third-order valence-corrected chi connectivity index (χ3v) is 4.50. The van der Waals surface area contributed by atoms with E-state index in [2.05, 4.69) is 23.8 Å². The van der Waals surface area contributed by atoms with Crippen LogP contribution in [0.5, 0.6) is 0 Å². The van der Waals surface area contributed by atoms with E-state index in [-0.39, 0.29) is 0 Å². The highest BCUT2D eigenvalue weighted by Gasteiger charge is 2.36. The summed E-state index contributed by atoms with van der Waals surface area (Å²) in [4.78, 5) is 5.15. The van der Waals surface area contributed by atoms with E-state index >= 15 is 0 Å². The zero-order chi connectivity index (χ0) is 10.7. The molecule has 0 atom stereocenters. The van der Waals surface area contributed by atoms with Crippen molar-refractivity contribution in [3.05, 3.63) is 0 Å². The minimum Gasteiger partial charge on any atom is -0.306 e. The highest BCUT2D eigenvalue weighted by Crippen LogP contribution is 2.40. The molecule has 0 saturated carbocycles. The molecule has 0 unspecified atom stereocenters. The van der Waals surface area contributed by atoms with E-state index in [0.717, 1.165) is 5.41 Å². The van der Waals surface area contributed by atoms with E-state index in [1.54, 1.807) is 0 Å². The first-order valence-electron chi connectivity index (χ1n) is 6.65. The Bertz CT molecular complexity index is 185. The Hall–Kier alpha value is -0.0800. The summed E-state index contributed by atoms with van der Waals surface area (Å²) >= 11 is 0. The maximum absolute atomic E-state index is 2.66. The van der Waals surface area contributed by atoms with E-state index < -0.39 is 0 Å². The van der Waals surface area contributed by atoms with Crippen LogP contribution in [-0.2, 0) is 0 Å². The molecule has 2 aliphatic heterocycles. The second-order valence-electron chi connectivity index (χ2n) is 5.64. The first-order chi connectivity index (χ1) is 7.24. The smallest absolute Gasteiger partial charge is 0.00134 e. The van der Waals surface area contributed by atoms with Crippen molar-refractivity contribution >= 4 is 0 Å². The second kappa shape index (κ2) is 4.84. The summed E-state index contributed by atoms with van der Waals surface area (Å²) in [7, 11) is 2.26. The monoisotopic (exact) mass is 210 g/mol. The number of nitrogens with zero attached hydrogens (tertiary/aromatic N) is 2. The van der Waals surface area contributed by atoms with Crippen LogP contribution in [0.15, 0.2) is 0 Å². The van der Waals surface area contributed by atoms with Crippen molar-refractivity contribution in [3.63, 3.8) is 0 Å². The molecule has 0 bridgehead atoms. The van der Waals surface area contributed by atoms with Crippen LogP contribution >= 0.6 is 0 Å². The summed E-state index contributed by atoms with van der Waals surface area (Å²) < 4.78 is 0. The molecule has 2 nitrogen and oxygen atoms in total. The molecular weight excluding hydrogens is 184 g/mol. The molecule has 2 aliphatic rings. The number of hydrogen-bond acceptors (Lipinski definition) is 2. The summed E-state index contributed by atoms with van der Waals surface area (Å²) in [5, 5.41) is 0. The third kappa shape index (κ3) is 2.73. The molecule has 2 saturated heterocycles. The number of piperidine rings is 2. The van der Waals surface area contributed by atoms with Crippen LogP contribution in [0.4, 0.5) is 0 Å². The zero-order valence-corrected chi connectivity index (χ0v) is 10.5. The fraction of sp³-hybridized carbons (Fsp3) is 1.00. The highest BCUT2D eigenvalue weighted by atomic mass is 15.1. The van der Waals surface area contributed by atoms with Crippen LogP contribution in [0.1, 0.15) is 39.0 Å². The van der Waals surface area contributed by atoms with Crippen molar-refractivity contribution in [1.29, 1.82) is 0 Å². The molecule has 0 amide bonds. The van der Waals surface area contributed by atoms with Gasteiger partial charge in [-0.1, -0.05) is 6.92 Å². The molecule has 0 aromatic rings. The first-order valence-corrected chi connectivity index (χ1v) is 6.65. The lowest BCUT2D eigenvalue weighted by Crippen LogP contribution is -2.46. The molecule has 2 fully saturated rings. The van der Waals surface area contributed by atoms with Gasteiger partial charge in [-0.25, -0.2) is 0 Å². The van der Waals surface area contributed by atoms with Gasteiger partial charge in [-0.2, -0.15) is 0 Å². The van der Waals surface area contributed by atoms with Crippen molar-refractivity contribution in [2.75, 3.05) is 39.8 Å². The third-order valence-electron chi connectivity index (χ3n) is 4.50. The Morgan fingerprint density at radius 2 is 1.47 bits per heavy atom. The lowest BCUT2D eigenvalue weighted by molar-refractivity contribution is 0.0429. The van der Waals surface area contributed by atoms with Gasteiger partial charge in [0.1, 0.15) is 0 Å². The van der Waals surface area contributed by atoms with Crippen LogP contribution in [0, 0.1) is 5.41 Å². The molecule has 0 N–H and O–H groups in total. The van der Waals surface area contributed by atoms with E-state index in [0.29, 0.717) is 0 Å². The zero-order valence-electron chi connectivity index (χ0n) is 10.5. The Balaban J connectivity index is 1.81. The molecule has 1 spiro atoms. The van der Waals surface area contributed by atoms with E-state index in [4.69, 9.17) is 0 Å². The van der Waals surface area contributed by atoms with Crippen LogP contribution in [0.3, 0.4) is 0 Å². The molecule has 2 heteroatoms. The summed E-state index contributed by atoms with van der Waals surface area (Å²) in [6.07, 6.45) is 7.13. The largest absolute Gasteiger partial charge is 0.306 e. The Morgan fingerprint density at radius 3 is 2.00 bits per heavy atom. The molecule has 0 aromatic carbocycles.